The van der Waals surface area contributed by atoms with Crippen molar-refractivity contribution >= 4 is 17.6 Å². The van der Waals surface area contributed by atoms with Gasteiger partial charge in [-0.05, 0) is 30.9 Å². The molecule has 0 amide bonds. The van der Waals surface area contributed by atoms with Crippen molar-refractivity contribution in [3.63, 3.8) is 0 Å². The van der Waals surface area contributed by atoms with E-state index >= 15 is 0 Å². The van der Waals surface area contributed by atoms with Crippen molar-refractivity contribution in [3.05, 3.63) is 29.0 Å². The van der Waals surface area contributed by atoms with Gasteiger partial charge in [-0.3, -0.25) is 0 Å². The van der Waals surface area contributed by atoms with E-state index in [1.165, 1.54) is 44.7 Å². The maximum Gasteiger partial charge on any atom is 0.339 e. The van der Waals surface area contributed by atoms with Crippen LogP contribution in [0.3, 0.4) is 0 Å². The van der Waals surface area contributed by atoms with Crippen LogP contribution >= 0.6 is 11.6 Å². The number of aromatic nitrogens is 1. The Labute approximate surface area is 113 Å². The van der Waals surface area contributed by atoms with Crippen molar-refractivity contribution in [2.24, 2.45) is 5.92 Å². The molecule has 98 valence electrons. The standard InChI is InChI=1S/C14H18ClNO2/c15-13-8-7-12(9-16-13)14(17)18-10-11-5-3-1-2-4-6-11/h7-9,11H,1-6,10H2. The minimum atomic E-state index is -0.302. The van der Waals surface area contributed by atoms with Gasteiger partial charge in [0, 0.05) is 6.20 Å². The van der Waals surface area contributed by atoms with E-state index in [0.29, 0.717) is 23.2 Å². The third-order valence-electron chi connectivity index (χ3n) is 3.39. The summed E-state index contributed by atoms with van der Waals surface area (Å²) in [4.78, 5) is 15.7. The summed E-state index contributed by atoms with van der Waals surface area (Å²) in [7, 11) is 0. The van der Waals surface area contributed by atoms with Crippen LogP contribution in [-0.2, 0) is 4.74 Å². The van der Waals surface area contributed by atoms with Gasteiger partial charge in [0.25, 0.3) is 0 Å². The van der Waals surface area contributed by atoms with Crippen molar-refractivity contribution in [2.45, 2.75) is 38.5 Å². The highest BCUT2D eigenvalue weighted by atomic mass is 35.5. The molecule has 0 saturated heterocycles. The molecule has 0 N–H and O–H groups in total. The lowest BCUT2D eigenvalue weighted by atomic mass is 10.0. The van der Waals surface area contributed by atoms with Crippen molar-refractivity contribution in [1.82, 2.24) is 4.98 Å². The molecule has 1 saturated carbocycles. The zero-order chi connectivity index (χ0) is 12.8. The molecular formula is C14H18ClNO2. The third-order valence-corrected chi connectivity index (χ3v) is 3.61. The van der Waals surface area contributed by atoms with Crippen molar-refractivity contribution in [1.29, 1.82) is 0 Å². The van der Waals surface area contributed by atoms with Crippen LogP contribution in [0.15, 0.2) is 18.3 Å². The van der Waals surface area contributed by atoms with Crippen molar-refractivity contribution in [3.8, 4) is 0 Å². The van der Waals surface area contributed by atoms with Gasteiger partial charge in [0.15, 0.2) is 0 Å². The molecule has 1 aliphatic rings. The first-order valence-corrected chi connectivity index (χ1v) is 6.92. The molecule has 0 aliphatic heterocycles. The molecule has 3 nitrogen and oxygen atoms in total. The zero-order valence-corrected chi connectivity index (χ0v) is 11.2. The number of esters is 1. The first-order chi connectivity index (χ1) is 8.75. The van der Waals surface area contributed by atoms with Crippen LogP contribution in [0.1, 0.15) is 48.9 Å². The molecule has 0 radical (unpaired) electrons. The molecule has 0 bridgehead atoms. The average Bonchev–Trinajstić information content (AvgIpc) is 2.65. The van der Waals surface area contributed by atoms with E-state index in [9.17, 15) is 4.79 Å². The summed E-state index contributed by atoms with van der Waals surface area (Å²) in [6.07, 6.45) is 8.93. The average molecular weight is 268 g/mol. The fraction of sp³-hybridized carbons (Fsp3) is 0.571. The number of halogens is 1. The van der Waals surface area contributed by atoms with E-state index in [-0.39, 0.29) is 5.97 Å². The zero-order valence-electron chi connectivity index (χ0n) is 10.4. The van der Waals surface area contributed by atoms with E-state index < -0.39 is 0 Å². The van der Waals surface area contributed by atoms with E-state index in [0.717, 1.165) is 0 Å². The maximum atomic E-state index is 11.8. The van der Waals surface area contributed by atoms with Gasteiger partial charge in [-0.1, -0.05) is 37.3 Å². The molecule has 0 spiro atoms. The lowest BCUT2D eigenvalue weighted by Crippen LogP contribution is -2.14. The van der Waals surface area contributed by atoms with Gasteiger partial charge in [-0.2, -0.15) is 0 Å². The predicted octanol–water partition coefficient (Wildman–Crippen LogP) is 3.86. The fourth-order valence-electron chi connectivity index (χ4n) is 2.30. The number of rotatable bonds is 3. The van der Waals surface area contributed by atoms with Crippen LogP contribution in [0.2, 0.25) is 5.15 Å². The normalized spacial score (nSPS) is 17.2. The number of carbonyl (C=O) groups is 1. The Morgan fingerprint density at radius 2 is 2.00 bits per heavy atom. The fourth-order valence-corrected chi connectivity index (χ4v) is 2.42. The van der Waals surface area contributed by atoms with Gasteiger partial charge in [-0.25, -0.2) is 9.78 Å². The van der Waals surface area contributed by atoms with Crippen LogP contribution < -0.4 is 0 Å². The van der Waals surface area contributed by atoms with Gasteiger partial charge in [0.2, 0.25) is 0 Å². The minimum Gasteiger partial charge on any atom is -0.462 e. The largest absolute Gasteiger partial charge is 0.462 e. The molecule has 0 unspecified atom stereocenters. The Morgan fingerprint density at radius 3 is 2.61 bits per heavy atom. The van der Waals surface area contributed by atoms with E-state index in [1.54, 1.807) is 12.1 Å². The number of hydrogen-bond donors (Lipinski definition) is 0. The number of hydrogen-bond acceptors (Lipinski definition) is 3. The number of nitrogens with zero attached hydrogens (tertiary/aromatic N) is 1. The summed E-state index contributed by atoms with van der Waals surface area (Å²) in [5.74, 6) is 0.222. The van der Waals surface area contributed by atoms with E-state index in [4.69, 9.17) is 16.3 Å². The van der Waals surface area contributed by atoms with Gasteiger partial charge in [-0.15, -0.1) is 0 Å². The summed E-state index contributed by atoms with van der Waals surface area (Å²) < 4.78 is 5.34. The quantitative estimate of drug-likeness (QED) is 0.474. The van der Waals surface area contributed by atoms with Crippen molar-refractivity contribution < 1.29 is 9.53 Å². The van der Waals surface area contributed by atoms with Crippen molar-refractivity contribution in [2.75, 3.05) is 6.61 Å². The van der Waals surface area contributed by atoms with Crippen LogP contribution in [0, 0.1) is 5.92 Å². The molecule has 1 fully saturated rings. The molecule has 1 aromatic heterocycles. The van der Waals surface area contributed by atoms with E-state index in [1.807, 2.05) is 0 Å². The highest BCUT2D eigenvalue weighted by molar-refractivity contribution is 6.29. The monoisotopic (exact) mass is 267 g/mol. The first-order valence-electron chi connectivity index (χ1n) is 6.54. The summed E-state index contributed by atoms with van der Waals surface area (Å²) in [6.45, 7) is 0.529. The highest BCUT2D eigenvalue weighted by Crippen LogP contribution is 2.23. The molecule has 4 heteroatoms. The second kappa shape index (κ2) is 6.74. The molecule has 18 heavy (non-hydrogen) atoms. The van der Waals surface area contributed by atoms with Gasteiger partial charge < -0.3 is 4.74 Å². The molecular weight excluding hydrogens is 250 g/mol. The van der Waals surface area contributed by atoms with Crippen LogP contribution in [-0.4, -0.2) is 17.6 Å². The molecule has 0 aromatic carbocycles. The Morgan fingerprint density at radius 1 is 1.28 bits per heavy atom. The highest BCUT2D eigenvalue weighted by Gasteiger charge is 2.15. The van der Waals surface area contributed by atoms with Crippen LogP contribution in [0.4, 0.5) is 0 Å². The molecule has 0 atom stereocenters. The minimum absolute atomic E-state index is 0.302. The first kappa shape index (κ1) is 13.3. The van der Waals surface area contributed by atoms with Gasteiger partial charge >= 0.3 is 5.97 Å². The molecule has 1 aliphatic carbocycles. The Kier molecular flexibility index (Phi) is 5.00. The van der Waals surface area contributed by atoms with Crippen LogP contribution in [0.5, 0.6) is 0 Å². The third kappa shape index (κ3) is 3.98. The smallest absolute Gasteiger partial charge is 0.339 e. The number of carbonyl (C=O) groups excluding carboxylic acids is 1. The SMILES string of the molecule is O=C(OCC1CCCCCC1)c1ccc(Cl)nc1. The lowest BCUT2D eigenvalue weighted by Gasteiger charge is -2.13. The lowest BCUT2D eigenvalue weighted by molar-refractivity contribution is 0.0427. The Bertz CT molecular complexity index is 383. The van der Waals surface area contributed by atoms with E-state index in [2.05, 4.69) is 4.98 Å². The Balaban J connectivity index is 1.82. The topological polar surface area (TPSA) is 39.2 Å². The van der Waals surface area contributed by atoms with Crippen LogP contribution in [0.25, 0.3) is 0 Å². The molecule has 1 aromatic rings. The number of pyridine rings is 1. The summed E-state index contributed by atoms with van der Waals surface area (Å²) >= 11 is 5.67. The Hall–Kier alpha value is -1.09. The predicted molar refractivity (Wildman–Crippen MR) is 70.7 cm³/mol. The second-order valence-electron chi connectivity index (χ2n) is 4.83. The molecule has 1 heterocycles. The summed E-state index contributed by atoms with van der Waals surface area (Å²) in [6, 6.07) is 3.24. The molecule has 2 rings (SSSR count). The maximum absolute atomic E-state index is 11.8. The number of ether oxygens (including phenoxy) is 1. The van der Waals surface area contributed by atoms with Gasteiger partial charge in [0.1, 0.15) is 5.15 Å². The van der Waals surface area contributed by atoms with Gasteiger partial charge in [0.05, 0.1) is 12.2 Å². The second-order valence-corrected chi connectivity index (χ2v) is 5.21. The summed E-state index contributed by atoms with van der Waals surface area (Å²) in [5.41, 5.74) is 0.466. The summed E-state index contributed by atoms with van der Waals surface area (Å²) in [5, 5.41) is 0.385.